The fourth-order valence-corrected chi connectivity index (χ4v) is 3.61. The van der Waals surface area contributed by atoms with Gasteiger partial charge < -0.3 is 0 Å². The molecular formula is C11H8F2N2OS3. The Morgan fingerprint density at radius 3 is 2.47 bits per heavy atom. The third kappa shape index (κ3) is 3.52. The van der Waals surface area contributed by atoms with E-state index < -0.39 is 23.0 Å². The maximum absolute atomic E-state index is 13.4. The lowest BCUT2D eigenvalue weighted by molar-refractivity contribution is 0.101. The molecule has 0 saturated heterocycles. The highest BCUT2D eigenvalue weighted by Gasteiger charge is 2.17. The van der Waals surface area contributed by atoms with Gasteiger partial charge in [-0.25, -0.2) is 8.78 Å². The van der Waals surface area contributed by atoms with Gasteiger partial charge in [0.1, 0.15) is 11.6 Å². The summed E-state index contributed by atoms with van der Waals surface area (Å²) >= 11 is 3.92. The molecule has 8 heteroatoms. The van der Waals surface area contributed by atoms with Crippen LogP contribution < -0.4 is 0 Å². The fraction of sp³-hybridized carbons (Fsp3) is 0.182. The van der Waals surface area contributed by atoms with Gasteiger partial charge in [-0.2, -0.15) is 0 Å². The third-order valence-corrected chi connectivity index (χ3v) is 5.16. The molecule has 0 N–H and O–H groups in total. The van der Waals surface area contributed by atoms with Gasteiger partial charge in [-0.15, -0.1) is 10.2 Å². The normalized spacial score (nSPS) is 10.7. The number of carbonyl (C=O) groups is 1. The van der Waals surface area contributed by atoms with Crippen LogP contribution in [0.25, 0.3) is 0 Å². The molecule has 19 heavy (non-hydrogen) atoms. The Kier molecular flexibility index (Phi) is 4.89. The van der Waals surface area contributed by atoms with Gasteiger partial charge in [0.05, 0.1) is 11.3 Å². The van der Waals surface area contributed by atoms with Crippen molar-refractivity contribution < 1.29 is 13.6 Å². The highest BCUT2D eigenvalue weighted by atomic mass is 32.2. The minimum atomic E-state index is -0.840. The number of hydrogen-bond acceptors (Lipinski definition) is 6. The Bertz CT molecular complexity index is 583. The van der Waals surface area contributed by atoms with E-state index in [2.05, 4.69) is 10.2 Å². The van der Waals surface area contributed by atoms with Crippen molar-refractivity contribution in [3.63, 3.8) is 0 Å². The first-order chi connectivity index (χ1) is 9.11. The van der Waals surface area contributed by atoms with Crippen molar-refractivity contribution in [1.29, 1.82) is 0 Å². The number of rotatable bonds is 5. The lowest BCUT2D eigenvalue weighted by Crippen LogP contribution is -2.08. The van der Waals surface area contributed by atoms with Crippen molar-refractivity contribution in [3.8, 4) is 0 Å². The lowest BCUT2D eigenvalue weighted by Gasteiger charge is -2.02. The first kappa shape index (κ1) is 14.4. The van der Waals surface area contributed by atoms with Crippen LogP contribution in [0, 0.1) is 11.6 Å². The van der Waals surface area contributed by atoms with Crippen LogP contribution in [-0.2, 0) is 0 Å². The number of aromatic nitrogens is 2. The van der Waals surface area contributed by atoms with Crippen LogP contribution in [-0.4, -0.2) is 28.0 Å². The number of nitrogens with zero attached hydrogens (tertiary/aromatic N) is 2. The van der Waals surface area contributed by atoms with E-state index in [-0.39, 0.29) is 5.75 Å². The number of carbonyl (C=O) groups excluding carboxylic acids is 1. The summed E-state index contributed by atoms with van der Waals surface area (Å²) in [5.74, 6) is -2.34. The van der Waals surface area contributed by atoms with Crippen molar-refractivity contribution in [2.45, 2.75) is 8.68 Å². The largest absolute Gasteiger partial charge is 0.293 e. The Morgan fingerprint density at radius 2 is 1.89 bits per heavy atom. The summed E-state index contributed by atoms with van der Waals surface area (Å²) < 4.78 is 28.2. The van der Waals surface area contributed by atoms with Gasteiger partial charge in [-0.3, -0.25) is 4.79 Å². The average molecular weight is 318 g/mol. The first-order valence-corrected chi connectivity index (χ1v) is 8.12. The molecule has 0 aliphatic carbocycles. The summed E-state index contributed by atoms with van der Waals surface area (Å²) in [6, 6.07) is 3.36. The minimum absolute atomic E-state index is 0.0686. The molecule has 0 spiro atoms. The predicted molar refractivity (Wildman–Crippen MR) is 73.1 cm³/mol. The molecular weight excluding hydrogens is 310 g/mol. The van der Waals surface area contributed by atoms with Crippen LogP contribution in [0.5, 0.6) is 0 Å². The van der Waals surface area contributed by atoms with Crippen molar-refractivity contribution in [3.05, 3.63) is 35.4 Å². The molecule has 0 aliphatic rings. The Morgan fingerprint density at radius 1 is 1.26 bits per heavy atom. The van der Waals surface area contributed by atoms with Gasteiger partial charge in [-0.1, -0.05) is 40.9 Å². The molecule has 0 saturated carbocycles. The molecule has 0 atom stereocenters. The van der Waals surface area contributed by atoms with Crippen molar-refractivity contribution in [2.75, 3.05) is 12.0 Å². The summed E-state index contributed by atoms with van der Waals surface area (Å²) in [6.45, 7) is 0. The molecule has 0 bridgehead atoms. The van der Waals surface area contributed by atoms with E-state index in [1.807, 2.05) is 6.26 Å². The van der Waals surface area contributed by atoms with Crippen molar-refractivity contribution >= 4 is 40.6 Å². The topological polar surface area (TPSA) is 42.9 Å². The Balaban J connectivity index is 2.05. The van der Waals surface area contributed by atoms with E-state index in [0.717, 1.165) is 28.2 Å². The van der Waals surface area contributed by atoms with E-state index in [1.165, 1.54) is 29.2 Å². The van der Waals surface area contributed by atoms with Gasteiger partial charge in [0.25, 0.3) is 0 Å². The maximum Gasteiger partial charge on any atom is 0.179 e. The molecule has 0 unspecified atom stereocenters. The SMILES string of the molecule is CSc1nnc(SCC(=O)c2c(F)cccc2F)s1. The van der Waals surface area contributed by atoms with Crippen molar-refractivity contribution in [1.82, 2.24) is 10.2 Å². The second kappa shape index (κ2) is 6.44. The second-order valence-electron chi connectivity index (χ2n) is 3.35. The highest BCUT2D eigenvalue weighted by Crippen LogP contribution is 2.28. The second-order valence-corrected chi connectivity index (χ2v) is 6.60. The summed E-state index contributed by atoms with van der Waals surface area (Å²) in [7, 11) is 0. The Labute approximate surface area is 120 Å². The van der Waals surface area contributed by atoms with Crippen LogP contribution >= 0.6 is 34.9 Å². The van der Waals surface area contributed by atoms with Gasteiger partial charge >= 0.3 is 0 Å². The number of ketones is 1. The lowest BCUT2D eigenvalue weighted by atomic mass is 10.1. The molecule has 1 heterocycles. The summed E-state index contributed by atoms with van der Waals surface area (Å²) in [5, 5.41) is 7.74. The van der Waals surface area contributed by atoms with Crippen LogP contribution in [0.4, 0.5) is 8.78 Å². The molecule has 0 radical (unpaired) electrons. The summed E-state index contributed by atoms with van der Waals surface area (Å²) in [5.41, 5.74) is -0.496. The van der Waals surface area contributed by atoms with Gasteiger partial charge in [-0.05, 0) is 18.4 Å². The molecule has 0 amide bonds. The van der Waals surface area contributed by atoms with Gasteiger partial charge in [0.15, 0.2) is 14.5 Å². The van der Waals surface area contributed by atoms with Crippen LogP contribution in [0.2, 0.25) is 0 Å². The zero-order chi connectivity index (χ0) is 13.8. The molecule has 1 aromatic carbocycles. The van der Waals surface area contributed by atoms with E-state index >= 15 is 0 Å². The monoisotopic (exact) mass is 318 g/mol. The van der Waals surface area contributed by atoms with E-state index in [0.29, 0.717) is 4.34 Å². The highest BCUT2D eigenvalue weighted by molar-refractivity contribution is 8.03. The number of hydrogen-bond donors (Lipinski definition) is 0. The predicted octanol–water partition coefficient (Wildman–Crippen LogP) is 3.51. The maximum atomic E-state index is 13.4. The van der Waals surface area contributed by atoms with Gasteiger partial charge in [0, 0.05) is 0 Å². The zero-order valence-corrected chi connectivity index (χ0v) is 12.2. The molecule has 0 fully saturated rings. The molecule has 2 aromatic rings. The molecule has 2 rings (SSSR count). The molecule has 100 valence electrons. The molecule has 3 nitrogen and oxygen atoms in total. The van der Waals surface area contributed by atoms with Crippen molar-refractivity contribution in [2.24, 2.45) is 0 Å². The smallest absolute Gasteiger partial charge is 0.179 e. The summed E-state index contributed by atoms with van der Waals surface area (Å²) in [6.07, 6.45) is 1.87. The quantitative estimate of drug-likeness (QED) is 0.623. The molecule has 0 aliphatic heterocycles. The van der Waals surface area contributed by atoms with E-state index in [4.69, 9.17) is 0 Å². The first-order valence-electron chi connectivity index (χ1n) is 5.09. The van der Waals surface area contributed by atoms with E-state index in [9.17, 15) is 13.6 Å². The van der Waals surface area contributed by atoms with E-state index in [1.54, 1.807) is 0 Å². The fourth-order valence-electron chi connectivity index (χ4n) is 1.30. The van der Waals surface area contributed by atoms with Crippen LogP contribution in [0.3, 0.4) is 0 Å². The number of thioether (sulfide) groups is 2. The number of benzene rings is 1. The Hall–Kier alpha value is -0.990. The average Bonchev–Trinajstić information content (AvgIpc) is 2.84. The standard InChI is InChI=1S/C11H8F2N2OS3/c1-17-10-14-15-11(19-10)18-5-8(16)9-6(12)3-2-4-7(9)13/h2-4H,5H2,1H3. The summed E-state index contributed by atoms with van der Waals surface area (Å²) in [4.78, 5) is 11.8. The zero-order valence-electron chi connectivity index (χ0n) is 9.72. The van der Waals surface area contributed by atoms with Crippen LogP contribution in [0.1, 0.15) is 10.4 Å². The third-order valence-electron chi connectivity index (χ3n) is 2.13. The number of halogens is 2. The number of Topliss-reactive ketones (excluding diaryl/α,β-unsaturated/α-hetero) is 1. The minimum Gasteiger partial charge on any atom is -0.293 e. The van der Waals surface area contributed by atoms with Gasteiger partial charge in [0.2, 0.25) is 0 Å². The van der Waals surface area contributed by atoms with Crippen LogP contribution in [0.15, 0.2) is 26.9 Å². The molecule has 1 aromatic heterocycles.